The molecule has 0 aliphatic rings. The van der Waals surface area contributed by atoms with E-state index < -0.39 is 0 Å². The van der Waals surface area contributed by atoms with Crippen molar-refractivity contribution in [3.8, 4) is 0 Å². The zero-order chi connectivity index (χ0) is 32.9. The Labute approximate surface area is 325 Å². The number of hydrogen-bond acceptors (Lipinski definition) is 3. The molecule has 0 bridgehead atoms. The Morgan fingerprint density at radius 2 is 0.578 bits per heavy atom. The molecule has 0 aliphatic heterocycles. The molecule has 3 aromatic heterocycles. The molecule has 1 radical (unpaired) electrons. The van der Waals surface area contributed by atoms with Crippen LogP contribution in [0.4, 0.5) is 0 Å². The van der Waals surface area contributed by atoms with E-state index in [0.717, 1.165) is 72.7 Å². The molecule has 0 fully saturated rings. The number of aromatic nitrogens is 3. The summed E-state index contributed by atoms with van der Waals surface area (Å²) in [5.41, 5.74) is 6.26. The van der Waals surface area contributed by atoms with Gasteiger partial charge in [0.1, 0.15) is 0 Å². The molecule has 0 unspecified atom stereocenters. The van der Waals surface area contributed by atoms with Crippen molar-refractivity contribution in [2.45, 2.75) is 80.1 Å². The fourth-order valence-electron chi connectivity index (χ4n) is 2.42. The second-order valence-corrected chi connectivity index (χ2v) is 9.05. The third-order valence-electron chi connectivity index (χ3n) is 4.13. The van der Waals surface area contributed by atoms with Gasteiger partial charge in [-0.05, 0) is 36.4 Å². The van der Waals surface area contributed by atoms with E-state index in [2.05, 4.69) is 66.2 Å². The first-order valence-electron chi connectivity index (χ1n) is 13.6. The van der Waals surface area contributed by atoms with Crippen LogP contribution in [0.5, 0.6) is 0 Å². The van der Waals surface area contributed by atoms with Crippen molar-refractivity contribution in [1.29, 1.82) is 0 Å². The van der Waals surface area contributed by atoms with Gasteiger partial charge in [0.15, 0.2) is 0 Å². The van der Waals surface area contributed by atoms with E-state index in [9.17, 15) is 0 Å². The topological polar surface area (TPSA) is 38.7 Å². The summed E-state index contributed by atoms with van der Waals surface area (Å²) in [7, 11) is 14.3. The second-order valence-electron chi connectivity index (χ2n) is 6.41. The van der Waals surface area contributed by atoms with Crippen molar-refractivity contribution in [2.24, 2.45) is 0 Å². The molecule has 3 heterocycles. The van der Waals surface area contributed by atoms with Gasteiger partial charge in [-0.1, -0.05) is 59.7 Å². The van der Waals surface area contributed by atoms with Gasteiger partial charge < -0.3 is 63.8 Å². The Hall–Kier alpha value is 0.190. The van der Waals surface area contributed by atoms with Gasteiger partial charge in [0.05, 0.1) is 0 Å². The molecule has 0 atom stereocenters. The summed E-state index contributed by atoms with van der Waals surface area (Å²) in [6.45, 7) is 34.5. The van der Waals surface area contributed by atoms with E-state index >= 15 is 0 Å². The predicted molar refractivity (Wildman–Crippen MR) is 201 cm³/mol. The first kappa shape index (κ1) is 67.4. The molecular formula is C36H62Cl3N3Ru3-8. The molecule has 0 aromatic carbocycles. The molecule has 3 rings (SSSR count). The molecule has 0 aliphatic carbocycles. The van der Waals surface area contributed by atoms with Gasteiger partial charge in [0.25, 0.3) is 0 Å². The van der Waals surface area contributed by atoms with Crippen LogP contribution in [0.2, 0.25) is 0 Å². The van der Waals surface area contributed by atoms with E-state index in [-0.39, 0.29) is 56.9 Å². The van der Waals surface area contributed by atoms with Crippen molar-refractivity contribution in [2.75, 3.05) is 0 Å². The summed E-state index contributed by atoms with van der Waals surface area (Å²) in [4.78, 5) is 12.9. The van der Waals surface area contributed by atoms with Gasteiger partial charge in [-0.2, -0.15) is 0 Å². The average molecular weight is 946 g/mol. The minimum atomic E-state index is -0.346. The van der Waals surface area contributed by atoms with E-state index in [1.165, 1.54) is 0 Å². The molecule has 0 amide bonds. The Bertz CT molecular complexity index is 720. The van der Waals surface area contributed by atoms with Gasteiger partial charge in [-0.15, -0.1) is 38.5 Å². The zero-order valence-corrected chi connectivity index (χ0v) is 37.0. The van der Waals surface area contributed by atoms with Crippen LogP contribution in [0.3, 0.4) is 0 Å². The molecule has 3 aromatic rings. The summed E-state index contributed by atoms with van der Waals surface area (Å²) < 4.78 is 0. The zero-order valence-electron chi connectivity index (χ0n) is 29.3. The molecular weight excluding hydrogens is 884 g/mol. The third kappa shape index (κ3) is 44.2. The molecule has 45 heavy (non-hydrogen) atoms. The van der Waals surface area contributed by atoms with Crippen LogP contribution in [-0.4, -0.2) is 15.0 Å². The molecule has 0 spiro atoms. The summed E-state index contributed by atoms with van der Waals surface area (Å²) in [6, 6.07) is 17.9. The summed E-state index contributed by atoms with van der Waals surface area (Å²) in [6.07, 6.45) is 4.55. The van der Waals surface area contributed by atoms with E-state index in [1.807, 2.05) is 96.1 Å². The predicted octanol–water partition coefficient (Wildman–Crippen LogP) is 11.5. The van der Waals surface area contributed by atoms with Crippen molar-refractivity contribution in [3.63, 3.8) is 0 Å². The number of rotatable bonds is 6. The molecule has 3 nitrogen and oxygen atoms in total. The van der Waals surface area contributed by atoms with Gasteiger partial charge >= 0.3 is 81.0 Å². The molecule has 0 saturated carbocycles. The Morgan fingerprint density at radius 1 is 0.467 bits per heavy atom. The van der Waals surface area contributed by atoms with Crippen LogP contribution in [0, 0.1) is 63.8 Å². The number of pyridine rings is 3. The van der Waals surface area contributed by atoms with Crippen molar-refractivity contribution in [1.82, 2.24) is 15.0 Å². The van der Waals surface area contributed by atoms with Crippen molar-refractivity contribution < 1.29 is 51.9 Å². The van der Waals surface area contributed by atoms with E-state index in [1.54, 1.807) is 17.3 Å². The van der Waals surface area contributed by atoms with Crippen LogP contribution >= 0.6 is 29.1 Å². The summed E-state index contributed by atoms with van der Waals surface area (Å²) in [5.74, 6) is 0. The number of halogens is 3. The van der Waals surface area contributed by atoms with Gasteiger partial charge in [-0.3, -0.25) is 15.0 Å². The van der Waals surface area contributed by atoms with Crippen LogP contribution in [0.15, 0.2) is 54.6 Å². The third-order valence-corrected chi connectivity index (χ3v) is 4.13. The normalized spacial score (nSPS) is 7.58. The number of nitrogens with zero attached hydrogens (tertiary/aromatic N) is 3. The quantitative estimate of drug-likeness (QED) is 0.183. The summed E-state index contributed by atoms with van der Waals surface area (Å²) >= 11 is 1.28. The fraction of sp³-hybridized carbons (Fsp3) is 0.333. The standard InChI is InChI=1S/3C9H11N.3C2H6.3CH3.3ClH.3Ru.2H/c3*1-3-8-6-5-7-9(4-2)10-8;3*1-2;;;;;;;;;;;/h3*5-7H,1-4H2;3*1-2H3;3*1H3;3*1H;;;;;/q3*-2;;;;3*-1;;;;2*+1;+2;;/p-3. The van der Waals surface area contributed by atoms with Gasteiger partial charge in [-0.25, -0.2) is 0 Å². The first-order valence-corrected chi connectivity index (χ1v) is 20.5. The molecule has 0 N–H and O–H groups in total. The Kier molecular flexibility index (Phi) is 89.2. The van der Waals surface area contributed by atoms with Crippen LogP contribution in [0.1, 0.15) is 75.7 Å². The van der Waals surface area contributed by atoms with Crippen molar-refractivity contribution in [3.05, 3.63) is 153 Å². The monoisotopic (exact) mass is 947 g/mol. The minimum absolute atomic E-state index is 0. The molecule has 9 heteroatoms. The number of hydrogen-bond donors (Lipinski definition) is 0. The van der Waals surface area contributed by atoms with Crippen molar-refractivity contribution >= 4 is 29.1 Å². The SMILES string of the molecule is CC.CC.CC.[CH2-]Cc1cccc(C[CH2-])n1.[CH2-]Cc1cccc(C[CH2-])n1.[CH2-]Cc1cccc(C[CH2-])n1.[CH3-].[CH3-].[CH3-].[Cl][RuH].[Cl][Ru][Cl].[RuH+]. The van der Waals surface area contributed by atoms with Gasteiger partial charge in [0, 0.05) is 34.2 Å². The van der Waals surface area contributed by atoms with E-state index in [0.29, 0.717) is 0 Å². The molecule has 274 valence electrons. The van der Waals surface area contributed by atoms with Gasteiger partial charge in [0.2, 0.25) is 0 Å². The van der Waals surface area contributed by atoms with Crippen LogP contribution < -0.4 is 0 Å². The fourth-order valence-corrected chi connectivity index (χ4v) is 2.42. The maximum absolute atomic E-state index is 4.85. The van der Waals surface area contributed by atoms with Crippen LogP contribution in [0.25, 0.3) is 0 Å². The summed E-state index contributed by atoms with van der Waals surface area (Å²) in [5, 5.41) is 0. The van der Waals surface area contributed by atoms with E-state index in [4.69, 9.17) is 19.4 Å². The second kappa shape index (κ2) is 59.6. The maximum atomic E-state index is 4.85. The molecule has 0 saturated heterocycles. The Balaban J connectivity index is -0.0000000513. The van der Waals surface area contributed by atoms with Crippen LogP contribution in [-0.2, 0) is 90.5 Å². The Morgan fingerprint density at radius 3 is 0.667 bits per heavy atom. The average Bonchev–Trinajstić information content (AvgIpc) is 3.09. The first-order chi connectivity index (χ1) is 20.0.